The lowest BCUT2D eigenvalue weighted by Gasteiger charge is -2.26. The van der Waals surface area contributed by atoms with Crippen molar-refractivity contribution >= 4 is 27.7 Å². The van der Waals surface area contributed by atoms with E-state index in [0.29, 0.717) is 31.8 Å². The largest absolute Gasteiger partial charge is 0.507 e. The van der Waals surface area contributed by atoms with Crippen molar-refractivity contribution in [2.24, 2.45) is 0 Å². The van der Waals surface area contributed by atoms with Gasteiger partial charge >= 0.3 is 5.97 Å². The summed E-state index contributed by atoms with van der Waals surface area (Å²) in [6, 6.07) is 18.6. The molecule has 11 nitrogen and oxygen atoms in total. The Balaban J connectivity index is 0.000000771. The fourth-order valence-corrected chi connectivity index (χ4v) is 3.74. The molecule has 0 atom stereocenters. The van der Waals surface area contributed by atoms with Gasteiger partial charge in [-0.2, -0.15) is 8.42 Å². The van der Waals surface area contributed by atoms with E-state index in [1.165, 1.54) is 18.2 Å². The quantitative estimate of drug-likeness (QED) is 0.302. The Bertz CT molecular complexity index is 1380. The summed E-state index contributed by atoms with van der Waals surface area (Å²) in [5.41, 5.74) is 1.76. The van der Waals surface area contributed by atoms with Gasteiger partial charge in [0.2, 0.25) is 0 Å². The topological polar surface area (TPSA) is 163 Å². The smallest absolute Gasteiger partial charge is 0.337 e. The van der Waals surface area contributed by atoms with Crippen LogP contribution in [0.25, 0.3) is 11.1 Å². The van der Waals surface area contributed by atoms with E-state index in [1.54, 1.807) is 18.2 Å². The van der Waals surface area contributed by atoms with Crippen molar-refractivity contribution < 1.29 is 42.2 Å². The standard InChI is InChI=1S/C26H26N2O6.CH4O3S/c29-24-17-20(34-15-12-28-10-13-33-14-11-28)7-9-22(24)25(30)27-23-16-19(6-8-21(23)26(31)32)18-4-2-1-3-5-18;1-5(2,3)4/h1-9,16-17,29H,10-15H2,(H,27,30)(H,31,32);1H3,(H,2,3,4). The number of amides is 1. The molecule has 4 rings (SSSR count). The van der Waals surface area contributed by atoms with Crippen LogP contribution in [0.15, 0.2) is 66.7 Å². The SMILES string of the molecule is CS(=O)(=O)O.O=C(Nc1cc(-c2ccccc2)ccc1C(=O)O)c1ccc(OCCN2CCOCC2)cc1O. The van der Waals surface area contributed by atoms with Gasteiger partial charge in [0.1, 0.15) is 18.1 Å². The fraction of sp³-hybridized carbons (Fsp3) is 0.259. The van der Waals surface area contributed by atoms with Crippen LogP contribution in [-0.2, 0) is 14.9 Å². The second kappa shape index (κ2) is 13.7. The molecule has 1 amide bonds. The molecule has 208 valence electrons. The van der Waals surface area contributed by atoms with E-state index >= 15 is 0 Å². The van der Waals surface area contributed by atoms with E-state index in [4.69, 9.17) is 14.0 Å². The number of carbonyl (C=O) groups is 2. The highest BCUT2D eigenvalue weighted by Gasteiger charge is 2.18. The summed E-state index contributed by atoms with van der Waals surface area (Å²) in [6.45, 7) is 4.32. The third-order valence-electron chi connectivity index (χ3n) is 5.60. The highest BCUT2D eigenvalue weighted by molar-refractivity contribution is 7.85. The number of morpholine rings is 1. The molecule has 1 saturated heterocycles. The molecular formula is C27H30N2O9S. The number of phenolic OH excluding ortho intramolecular Hbond substituents is 1. The van der Waals surface area contributed by atoms with E-state index in [9.17, 15) is 28.2 Å². The van der Waals surface area contributed by atoms with E-state index in [-0.39, 0.29) is 22.6 Å². The summed E-state index contributed by atoms with van der Waals surface area (Å²) in [7, 11) is -3.67. The van der Waals surface area contributed by atoms with Crippen LogP contribution >= 0.6 is 0 Å². The summed E-state index contributed by atoms with van der Waals surface area (Å²) >= 11 is 0. The number of aromatic hydroxyl groups is 1. The molecule has 12 heteroatoms. The molecule has 0 unspecified atom stereocenters. The van der Waals surface area contributed by atoms with Crippen molar-refractivity contribution in [1.29, 1.82) is 0 Å². The van der Waals surface area contributed by atoms with Crippen molar-refractivity contribution in [3.8, 4) is 22.6 Å². The lowest BCUT2D eigenvalue weighted by molar-refractivity contribution is 0.0322. The van der Waals surface area contributed by atoms with Gasteiger partial charge in [-0.1, -0.05) is 36.4 Å². The molecule has 39 heavy (non-hydrogen) atoms. The highest BCUT2D eigenvalue weighted by atomic mass is 32.2. The van der Waals surface area contributed by atoms with Crippen molar-refractivity contribution in [2.75, 3.05) is 51.0 Å². The van der Waals surface area contributed by atoms with Crippen LogP contribution in [0, 0.1) is 0 Å². The third-order valence-corrected chi connectivity index (χ3v) is 5.60. The van der Waals surface area contributed by atoms with Crippen LogP contribution in [0.2, 0.25) is 0 Å². The Kier molecular flexibility index (Phi) is 10.4. The first-order valence-electron chi connectivity index (χ1n) is 11.9. The molecule has 0 bridgehead atoms. The predicted octanol–water partition coefficient (Wildman–Crippen LogP) is 3.22. The van der Waals surface area contributed by atoms with Crippen LogP contribution < -0.4 is 10.1 Å². The summed E-state index contributed by atoms with van der Waals surface area (Å²) in [5.74, 6) is -1.59. The number of benzene rings is 3. The zero-order valence-corrected chi connectivity index (χ0v) is 22.1. The van der Waals surface area contributed by atoms with Crippen LogP contribution in [0.5, 0.6) is 11.5 Å². The maximum Gasteiger partial charge on any atom is 0.337 e. The maximum absolute atomic E-state index is 12.9. The zero-order valence-electron chi connectivity index (χ0n) is 21.2. The number of nitrogens with zero attached hydrogens (tertiary/aromatic N) is 1. The normalized spacial score (nSPS) is 13.6. The highest BCUT2D eigenvalue weighted by Crippen LogP contribution is 2.28. The second-order valence-corrected chi connectivity index (χ2v) is 10.1. The Morgan fingerprint density at radius 1 is 0.974 bits per heavy atom. The molecule has 1 aliphatic heterocycles. The molecular weight excluding hydrogens is 528 g/mol. The van der Waals surface area contributed by atoms with Crippen molar-refractivity contribution in [3.05, 3.63) is 77.9 Å². The van der Waals surface area contributed by atoms with Crippen LogP contribution in [-0.4, -0.2) is 85.7 Å². The monoisotopic (exact) mass is 558 g/mol. The minimum Gasteiger partial charge on any atom is -0.507 e. The van der Waals surface area contributed by atoms with Crippen molar-refractivity contribution in [1.82, 2.24) is 4.90 Å². The Morgan fingerprint density at radius 3 is 2.23 bits per heavy atom. The molecule has 0 aliphatic carbocycles. The molecule has 0 saturated carbocycles. The Morgan fingerprint density at radius 2 is 1.62 bits per heavy atom. The van der Waals surface area contributed by atoms with Gasteiger partial charge in [-0.25, -0.2) is 4.79 Å². The minimum absolute atomic E-state index is 0.0157. The molecule has 0 radical (unpaired) electrons. The van der Waals surface area contributed by atoms with E-state index in [1.807, 2.05) is 30.3 Å². The first-order chi connectivity index (χ1) is 18.5. The number of carbonyl (C=O) groups excluding carboxylic acids is 1. The van der Waals surface area contributed by atoms with Gasteiger partial charge in [0, 0.05) is 25.7 Å². The van der Waals surface area contributed by atoms with E-state index in [0.717, 1.165) is 30.8 Å². The maximum atomic E-state index is 12.9. The average Bonchev–Trinajstić information content (AvgIpc) is 2.89. The van der Waals surface area contributed by atoms with Gasteiger partial charge in [-0.15, -0.1) is 0 Å². The minimum atomic E-state index is -3.67. The predicted molar refractivity (Wildman–Crippen MR) is 145 cm³/mol. The second-order valence-electron chi connectivity index (χ2n) is 8.60. The molecule has 1 heterocycles. The number of rotatable bonds is 8. The van der Waals surface area contributed by atoms with Crippen molar-refractivity contribution in [2.45, 2.75) is 0 Å². The molecule has 3 aromatic rings. The van der Waals surface area contributed by atoms with E-state index < -0.39 is 22.0 Å². The van der Waals surface area contributed by atoms with Gasteiger partial charge in [0.05, 0.1) is 36.3 Å². The third kappa shape index (κ3) is 9.69. The van der Waals surface area contributed by atoms with Crippen LogP contribution in [0.4, 0.5) is 5.69 Å². The van der Waals surface area contributed by atoms with Crippen LogP contribution in [0.1, 0.15) is 20.7 Å². The van der Waals surface area contributed by atoms with Gasteiger partial charge in [0.25, 0.3) is 16.0 Å². The lowest BCUT2D eigenvalue weighted by Crippen LogP contribution is -2.38. The number of aromatic carboxylic acids is 1. The summed E-state index contributed by atoms with van der Waals surface area (Å²) in [5, 5.41) is 22.6. The summed E-state index contributed by atoms with van der Waals surface area (Å²) in [6.07, 6.45) is 0.715. The first-order valence-corrected chi connectivity index (χ1v) is 13.8. The van der Waals surface area contributed by atoms with Gasteiger partial charge < -0.3 is 25.0 Å². The molecule has 1 aliphatic rings. The van der Waals surface area contributed by atoms with Crippen LogP contribution in [0.3, 0.4) is 0 Å². The van der Waals surface area contributed by atoms with Gasteiger partial charge in [-0.3, -0.25) is 14.2 Å². The van der Waals surface area contributed by atoms with Crippen molar-refractivity contribution in [3.63, 3.8) is 0 Å². The van der Waals surface area contributed by atoms with Gasteiger partial charge in [-0.05, 0) is 35.4 Å². The first kappa shape index (κ1) is 29.6. The molecule has 3 aromatic carbocycles. The van der Waals surface area contributed by atoms with Gasteiger partial charge in [0.15, 0.2) is 0 Å². The Hall–Kier alpha value is -3.97. The summed E-state index contributed by atoms with van der Waals surface area (Å²) < 4.78 is 36.9. The number of phenols is 1. The fourth-order valence-electron chi connectivity index (χ4n) is 3.74. The lowest BCUT2D eigenvalue weighted by atomic mass is 10.0. The molecule has 1 fully saturated rings. The molecule has 0 aromatic heterocycles. The number of ether oxygens (including phenoxy) is 2. The number of nitrogens with one attached hydrogen (secondary N) is 1. The summed E-state index contributed by atoms with van der Waals surface area (Å²) in [4.78, 5) is 26.8. The Labute approximate surface area is 226 Å². The number of anilines is 1. The average molecular weight is 559 g/mol. The molecule has 4 N–H and O–H groups in total. The number of carboxylic acids is 1. The zero-order chi connectivity index (χ0) is 28.4. The van der Waals surface area contributed by atoms with E-state index in [2.05, 4.69) is 10.2 Å². The molecule has 0 spiro atoms. The number of hydrogen-bond acceptors (Lipinski definition) is 8. The number of carboxylic acid groups (broad SMARTS) is 1. The number of hydrogen-bond donors (Lipinski definition) is 4.